The standard InChI is InChI=1S/C14H18N2O4/c1-2-9-3-5-10(6-4-9)15-14(20)16-8-11(17)7-12(16)13(18)19/h3-6,11-12,17H,2,7-8H2,1H3,(H,15,20)(H,18,19). The Kier molecular flexibility index (Phi) is 4.24. The molecule has 1 aliphatic rings. The molecule has 0 saturated carbocycles. The number of aliphatic hydroxyl groups is 1. The van der Waals surface area contributed by atoms with Crippen LogP contribution in [0.2, 0.25) is 0 Å². The number of aliphatic hydroxyl groups excluding tert-OH is 1. The van der Waals surface area contributed by atoms with Crippen LogP contribution in [0, 0.1) is 0 Å². The van der Waals surface area contributed by atoms with Crippen LogP contribution >= 0.6 is 0 Å². The van der Waals surface area contributed by atoms with Crippen LogP contribution < -0.4 is 5.32 Å². The number of β-amino-alcohol motifs (C(OH)–C–C–N with tert-alkyl or cyclic N) is 1. The average molecular weight is 278 g/mol. The van der Waals surface area contributed by atoms with Crippen molar-refractivity contribution in [2.75, 3.05) is 11.9 Å². The van der Waals surface area contributed by atoms with Gasteiger partial charge in [0.25, 0.3) is 0 Å². The lowest BCUT2D eigenvalue weighted by atomic mass is 10.1. The van der Waals surface area contributed by atoms with E-state index in [1.165, 1.54) is 0 Å². The minimum Gasteiger partial charge on any atom is -0.480 e. The van der Waals surface area contributed by atoms with Crippen LogP contribution in [0.5, 0.6) is 0 Å². The van der Waals surface area contributed by atoms with Gasteiger partial charge in [0.1, 0.15) is 6.04 Å². The van der Waals surface area contributed by atoms with Crippen LogP contribution in [0.25, 0.3) is 0 Å². The molecule has 1 aliphatic heterocycles. The number of anilines is 1. The number of hydrogen-bond donors (Lipinski definition) is 3. The molecule has 2 atom stereocenters. The summed E-state index contributed by atoms with van der Waals surface area (Å²) in [6.45, 7) is 2.08. The number of carbonyl (C=O) groups is 2. The minimum absolute atomic E-state index is 0.0375. The monoisotopic (exact) mass is 278 g/mol. The molecule has 0 aliphatic carbocycles. The van der Waals surface area contributed by atoms with Crippen molar-refractivity contribution in [1.29, 1.82) is 0 Å². The molecule has 6 heteroatoms. The van der Waals surface area contributed by atoms with Crippen molar-refractivity contribution in [2.45, 2.75) is 31.9 Å². The highest BCUT2D eigenvalue weighted by Gasteiger charge is 2.38. The number of carboxylic acid groups (broad SMARTS) is 1. The number of urea groups is 1. The summed E-state index contributed by atoms with van der Waals surface area (Å²) >= 11 is 0. The van der Waals surface area contributed by atoms with Gasteiger partial charge >= 0.3 is 12.0 Å². The van der Waals surface area contributed by atoms with Gasteiger partial charge in [0, 0.05) is 18.7 Å². The zero-order valence-electron chi connectivity index (χ0n) is 11.2. The summed E-state index contributed by atoms with van der Waals surface area (Å²) in [5.74, 6) is -1.10. The Morgan fingerprint density at radius 1 is 1.35 bits per heavy atom. The Bertz CT molecular complexity index is 500. The molecule has 2 unspecified atom stereocenters. The maximum Gasteiger partial charge on any atom is 0.326 e. The third-order valence-corrected chi connectivity index (χ3v) is 3.44. The van der Waals surface area contributed by atoms with E-state index >= 15 is 0 Å². The second kappa shape index (κ2) is 5.92. The van der Waals surface area contributed by atoms with E-state index in [1.807, 2.05) is 19.1 Å². The number of amides is 2. The number of likely N-dealkylation sites (tertiary alicyclic amines) is 1. The van der Waals surface area contributed by atoms with Crippen LogP contribution in [-0.4, -0.2) is 45.8 Å². The highest BCUT2D eigenvalue weighted by atomic mass is 16.4. The summed E-state index contributed by atoms with van der Waals surface area (Å²) in [6, 6.07) is 5.89. The van der Waals surface area contributed by atoms with Crippen molar-refractivity contribution in [3.8, 4) is 0 Å². The van der Waals surface area contributed by atoms with Gasteiger partial charge in [-0.15, -0.1) is 0 Å². The fourth-order valence-electron chi connectivity index (χ4n) is 2.29. The molecule has 1 fully saturated rings. The van der Waals surface area contributed by atoms with Gasteiger partial charge in [-0.3, -0.25) is 0 Å². The first-order valence-corrected chi connectivity index (χ1v) is 6.58. The molecule has 108 valence electrons. The molecule has 1 heterocycles. The summed E-state index contributed by atoms with van der Waals surface area (Å²) in [4.78, 5) is 24.3. The number of aliphatic carboxylic acids is 1. The molecule has 0 radical (unpaired) electrons. The maximum absolute atomic E-state index is 12.1. The van der Waals surface area contributed by atoms with Crippen molar-refractivity contribution in [1.82, 2.24) is 4.90 Å². The van der Waals surface area contributed by atoms with Crippen LogP contribution in [0.15, 0.2) is 24.3 Å². The van der Waals surface area contributed by atoms with E-state index in [9.17, 15) is 14.7 Å². The van der Waals surface area contributed by atoms with E-state index in [0.717, 1.165) is 16.9 Å². The fourth-order valence-corrected chi connectivity index (χ4v) is 2.29. The van der Waals surface area contributed by atoms with E-state index in [4.69, 9.17) is 5.11 Å². The second-order valence-electron chi connectivity index (χ2n) is 4.88. The van der Waals surface area contributed by atoms with E-state index in [1.54, 1.807) is 12.1 Å². The molecular formula is C14H18N2O4. The number of nitrogens with one attached hydrogen (secondary N) is 1. The molecule has 2 amide bonds. The molecular weight excluding hydrogens is 260 g/mol. The molecule has 1 aromatic rings. The number of aryl methyl sites for hydroxylation is 1. The van der Waals surface area contributed by atoms with E-state index in [-0.39, 0.29) is 13.0 Å². The fraction of sp³-hybridized carbons (Fsp3) is 0.429. The Labute approximate surface area is 117 Å². The van der Waals surface area contributed by atoms with Crippen molar-refractivity contribution < 1.29 is 19.8 Å². The van der Waals surface area contributed by atoms with E-state index in [0.29, 0.717) is 5.69 Å². The molecule has 1 aromatic carbocycles. The number of hydrogen-bond acceptors (Lipinski definition) is 3. The van der Waals surface area contributed by atoms with Crippen LogP contribution in [0.4, 0.5) is 10.5 Å². The predicted molar refractivity (Wildman–Crippen MR) is 73.6 cm³/mol. The van der Waals surface area contributed by atoms with Gasteiger partial charge in [0.15, 0.2) is 0 Å². The van der Waals surface area contributed by atoms with Gasteiger partial charge in [0.05, 0.1) is 6.10 Å². The summed E-state index contributed by atoms with van der Waals surface area (Å²) < 4.78 is 0. The Hall–Kier alpha value is -2.08. The SMILES string of the molecule is CCc1ccc(NC(=O)N2CC(O)CC2C(=O)O)cc1. The predicted octanol–water partition coefficient (Wildman–Crippen LogP) is 1.30. The van der Waals surface area contributed by atoms with Gasteiger partial charge in [-0.25, -0.2) is 9.59 Å². The van der Waals surface area contributed by atoms with Gasteiger partial charge in [-0.1, -0.05) is 19.1 Å². The van der Waals surface area contributed by atoms with Gasteiger partial charge in [-0.05, 0) is 24.1 Å². The molecule has 0 spiro atoms. The zero-order chi connectivity index (χ0) is 14.7. The second-order valence-corrected chi connectivity index (χ2v) is 4.88. The lowest BCUT2D eigenvalue weighted by molar-refractivity contribution is -0.141. The minimum atomic E-state index is -1.10. The Morgan fingerprint density at radius 3 is 2.55 bits per heavy atom. The number of carbonyl (C=O) groups excluding carboxylic acids is 1. The molecule has 3 N–H and O–H groups in total. The van der Waals surface area contributed by atoms with Crippen molar-refractivity contribution in [3.05, 3.63) is 29.8 Å². The first-order chi connectivity index (χ1) is 9.51. The molecule has 0 aromatic heterocycles. The summed E-state index contributed by atoms with van der Waals surface area (Å²) in [5, 5.41) is 21.2. The third-order valence-electron chi connectivity index (χ3n) is 3.44. The average Bonchev–Trinajstić information content (AvgIpc) is 2.82. The largest absolute Gasteiger partial charge is 0.480 e. The highest BCUT2D eigenvalue weighted by molar-refractivity contribution is 5.92. The maximum atomic E-state index is 12.1. The normalized spacial score (nSPS) is 21.8. The third kappa shape index (κ3) is 3.08. The first-order valence-electron chi connectivity index (χ1n) is 6.58. The highest BCUT2D eigenvalue weighted by Crippen LogP contribution is 2.20. The van der Waals surface area contributed by atoms with Gasteiger partial charge in [0.2, 0.25) is 0 Å². The quantitative estimate of drug-likeness (QED) is 0.777. The van der Waals surface area contributed by atoms with Crippen LogP contribution in [-0.2, 0) is 11.2 Å². The first kappa shape index (κ1) is 14.3. The van der Waals surface area contributed by atoms with Gasteiger partial charge in [-0.2, -0.15) is 0 Å². The lowest BCUT2D eigenvalue weighted by Crippen LogP contribution is -2.43. The molecule has 20 heavy (non-hydrogen) atoms. The van der Waals surface area contributed by atoms with E-state index < -0.39 is 24.1 Å². The van der Waals surface area contributed by atoms with Crippen molar-refractivity contribution >= 4 is 17.7 Å². The summed E-state index contributed by atoms with van der Waals surface area (Å²) in [5.41, 5.74) is 1.76. The molecule has 1 saturated heterocycles. The topological polar surface area (TPSA) is 89.9 Å². The number of benzene rings is 1. The smallest absolute Gasteiger partial charge is 0.326 e. The van der Waals surface area contributed by atoms with Gasteiger partial charge < -0.3 is 20.4 Å². The molecule has 0 bridgehead atoms. The van der Waals surface area contributed by atoms with E-state index in [2.05, 4.69) is 5.32 Å². The van der Waals surface area contributed by atoms with Crippen LogP contribution in [0.3, 0.4) is 0 Å². The van der Waals surface area contributed by atoms with Crippen molar-refractivity contribution in [3.63, 3.8) is 0 Å². The Balaban J connectivity index is 2.04. The number of nitrogens with zero attached hydrogens (tertiary/aromatic N) is 1. The summed E-state index contributed by atoms with van der Waals surface area (Å²) in [7, 11) is 0. The van der Waals surface area contributed by atoms with Crippen molar-refractivity contribution in [2.24, 2.45) is 0 Å². The molecule has 2 rings (SSSR count). The Morgan fingerprint density at radius 2 is 2.00 bits per heavy atom. The summed E-state index contributed by atoms with van der Waals surface area (Å²) in [6.07, 6.45) is 0.190. The van der Waals surface area contributed by atoms with Crippen LogP contribution in [0.1, 0.15) is 18.9 Å². The number of rotatable bonds is 3. The zero-order valence-corrected chi connectivity index (χ0v) is 11.2. The lowest BCUT2D eigenvalue weighted by Gasteiger charge is -2.21. The molecule has 6 nitrogen and oxygen atoms in total. The number of carboxylic acids is 1.